The summed E-state index contributed by atoms with van der Waals surface area (Å²) in [6.45, 7) is 0.154. The van der Waals surface area contributed by atoms with Crippen molar-refractivity contribution in [1.29, 1.82) is 0 Å². The molecule has 0 heterocycles. The normalized spacial score (nSPS) is 10.4. The zero-order valence-corrected chi connectivity index (χ0v) is 13.8. The van der Waals surface area contributed by atoms with E-state index in [1.165, 1.54) is 0 Å². The summed E-state index contributed by atoms with van der Waals surface area (Å²) < 4.78 is 5.06. The summed E-state index contributed by atoms with van der Waals surface area (Å²) in [7, 11) is 0. The van der Waals surface area contributed by atoms with Gasteiger partial charge in [-0.25, -0.2) is 0 Å². The van der Waals surface area contributed by atoms with Crippen molar-refractivity contribution in [2.24, 2.45) is 0 Å². The molecule has 25 heavy (non-hydrogen) atoms. The molecule has 0 atom stereocenters. The van der Waals surface area contributed by atoms with Gasteiger partial charge in [-0.15, -0.1) is 0 Å². The Morgan fingerprint density at radius 3 is 2.32 bits per heavy atom. The molecule has 0 aliphatic carbocycles. The van der Waals surface area contributed by atoms with Crippen molar-refractivity contribution in [3.8, 4) is 0 Å². The molecule has 1 N–H and O–H groups in total. The van der Waals surface area contributed by atoms with Gasteiger partial charge in [0.05, 0.1) is 6.42 Å². The number of fused-ring (bicyclic) bond motifs is 1. The van der Waals surface area contributed by atoms with Crippen LogP contribution < -0.4 is 5.32 Å². The number of hydrogen-bond donors (Lipinski definition) is 1. The van der Waals surface area contributed by atoms with E-state index in [1.54, 1.807) is 0 Å². The summed E-state index contributed by atoms with van der Waals surface area (Å²) in [5, 5.41) is 4.93. The fourth-order valence-electron chi connectivity index (χ4n) is 2.56. The third-order valence-electron chi connectivity index (χ3n) is 3.86. The number of ether oxygens (including phenoxy) is 1. The van der Waals surface area contributed by atoms with Crippen LogP contribution in [0, 0.1) is 0 Å². The standard InChI is InChI=1S/C21H19NO3/c23-20(22-14-16-6-2-1-3-7-16)15-25-21(24)13-17-10-11-18-8-4-5-9-19(18)12-17/h1-12H,13-15H2,(H,22,23). The minimum Gasteiger partial charge on any atom is -0.455 e. The molecule has 0 aromatic heterocycles. The fraction of sp³-hybridized carbons (Fsp3) is 0.143. The highest BCUT2D eigenvalue weighted by Gasteiger charge is 2.09. The molecule has 0 aliphatic heterocycles. The van der Waals surface area contributed by atoms with Gasteiger partial charge >= 0.3 is 5.97 Å². The minimum absolute atomic E-state index is 0.150. The van der Waals surface area contributed by atoms with Crippen LogP contribution in [0.2, 0.25) is 0 Å². The first-order valence-corrected chi connectivity index (χ1v) is 8.14. The maximum absolute atomic E-state index is 11.9. The molecule has 0 fully saturated rings. The van der Waals surface area contributed by atoms with Crippen LogP contribution in [0.5, 0.6) is 0 Å². The molecule has 4 nitrogen and oxygen atoms in total. The molecule has 126 valence electrons. The summed E-state index contributed by atoms with van der Waals surface area (Å²) in [6, 6.07) is 23.4. The number of esters is 1. The van der Waals surface area contributed by atoms with Crippen LogP contribution in [0.4, 0.5) is 0 Å². The number of carbonyl (C=O) groups is 2. The second kappa shape index (κ2) is 8.11. The Morgan fingerprint density at radius 2 is 1.52 bits per heavy atom. The number of hydrogen-bond acceptors (Lipinski definition) is 3. The predicted octanol–water partition coefficient (Wildman–Crippen LogP) is 3.24. The van der Waals surface area contributed by atoms with E-state index in [0.29, 0.717) is 6.54 Å². The van der Waals surface area contributed by atoms with E-state index in [0.717, 1.165) is 21.9 Å². The summed E-state index contributed by atoms with van der Waals surface area (Å²) in [6.07, 6.45) is 0.150. The van der Waals surface area contributed by atoms with Gasteiger partial charge in [0.15, 0.2) is 6.61 Å². The van der Waals surface area contributed by atoms with Gasteiger partial charge in [0, 0.05) is 6.54 Å². The van der Waals surface area contributed by atoms with E-state index in [-0.39, 0.29) is 18.9 Å². The second-order valence-electron chi connectivity index (χ2n) is 5.78. The van der Waals surface area contributed by atoms with Gasteiger partial charge in [0.1, 0.15) is 0 Å². The average Bonchev–Trinajstić information content (AvgIpc) is 2.65. The summed E-state index contributed by atoms with van der Waals surface area (Å²) >= 11 is 0. The van der Waals surface area contributed by atoms with Crippen LogP contribution >= 0.6 is 0 Å². The first-order chi connectivity index (χ1) is 12.2. The van der Waals surface area contributed by atoms with Crippen molar-refractivity contribution in [2.75, 3.05) is 6.61 Å². The summed E-state index contributed by atoms with van der Waals surface area (Å²) in [5.74, 6) is -0.721. The zero-order valence-electron chi connectivity index (χ0n) is 13.8. The van der Waals surface area contributed by atoms with Crippen molar-refractivity contribution < 1.29 is 14.3 Å². The maximum atomic E-state index is 11.9. The lowest BCUT2D eigenvalue weighted by Crippen LogP contribution is -2.28. The molecule has 0 saturated heterocycles. The molecule has 1 amide bonds. The Bertz CT molecular complexity index is 874. The van der Waals surface area contributed by atoms with Crippen molar-refractivity contribution in [3.63, 3.8) is 0 Å². The van der Waals surface area contributed by atoms with Crippen LogP contribution in [0.25, 0.3) is 10.8 Å². The number of carbonyl (C=O) groups excluding carboxylic acids is 2. The number of rotatable bonds is 6. The molecule has 0 bridgehead atoms. The SMILES string of the molecule is O=C(COC(=O)Cc1ccc2ccccc2c1)NCc1ccccc1. The monoisotopic (exact) mass is 333 g/mol. The molecule has 0 radical (unpaired) electrons. The summed E-state index contributed by atoms with van der Waals surface area (Å²) in [4.78, 5) is 23.7. The molecule has 0 aliphatic rings. The largest absolute Gasteiger partial charge is 0.455 e. The Kier molecular flexibility index (Phi) is 5.42. The van der Waals surface area contributed by atoms with Crippen molar-refractivity contribution in [2.45, 2.75) is 13.0 Å². The zero-order chi connectivity index (χ0) is 17.5. The van der Waals surface area contributed by atoms with Crippen LogP contribution in [0.15, 0.2) is 72.8 Å². The van der Waals surface area contributed by atoms with Gasteiger partial charge in [-0.2, -0.15) is 0 Å². The molecule has 0 saturated carbocycles. The first kappa shape index (κ1) is 16.7. The molecule has 0 unspecified atom stereocenters. The second-order valence-corrected chi connectivity index (χ2v) is 5.78. The van der Waals surface area contributed by atoms with E-state index < -0.39 is 5.97 Å². The lowest BCUT2D eigenvalue weighted by Gasteiger charge is -2.07. The molecule has 0 spiro atoms. The quantitative estimate of drug-likeness (QED) is 0.705. The van der Waals surface area contributed by atoms with Gasteiger partial charge in [-0.1, -0.05) is 72.8 Å². The molecule has 3 aromatic carbocycles. The lowest BCUT2D eigenvalue weighted by atomic mass is 10.1. The molecular weight excluding hydrogens is 314 g/mol. The van der Waals surface area contributed by atoms with Crippen molar-refractivity contribution in [1.82, 2.24) is 5.32 Å². The smallest absolute Gasteiger partial charge is 0.310 e. The number of nitrogens with one attached hydrogen (secondary N) is 1. The molecule has 4 heteroatoms. The minimum atomic E-state index is -0.412. The maximum Gasteiger partial charge on any atom is 0.310 e. The van der Waals surface area contributed by atoms with Crippen LogP contribution in [-0.4, -0.2) is 18.5 Å². The van der Waals surface area contributed by atoms with Crippen LogP contribution in [0.3, 0.4) is 0 Å². The Morgan fingerprint density at radius 1 is 0.800 bits per heavy atom. The molecule has 3 rings (SSSR count). The third kappa shape index (κ3) is 4.91. The van der Waals surface area contributed by atoms with E-state index in [1.807, 2.05) is 72.8 Å². The third-order valence-corrected chi connectivity index (χ3v) is 3.86. The Balaban J connectivity index is 1.46. The fourth-order valence-corrected chi connectivity index (χ4v) is 2.56. The number of benzene rings is 3. The van der Waals surface area contributed by atoms with Crippen LogP contribution in [0.1, 0.15) is 11.1 Å². The topological polar surface area (TPSA) is 55.4 Å². The van der Waals surface area contributed by atoms with Crippen molar-refractivity contribution in [3.05, 3.63) is 83.9 Å². The molecule has 3 aromatic rings. The van der Waals surface area contributed by atoms with E-state index in [9.17, 15) is 9.59 Å². The highest BCUT2D eigenvalue weighted by atomic mass is 16.5. The van der Waals surface area contributed by atoms with Gasteiger partial charge in [0.2, 0.25) is 0 Å². The first-order valence-electron chi connectivity index (χ1n) is 8.14. The predicted molar refractivity (Wildman–Crippen MR) is 96.9 cm³/mol. The highest BCUT2D eigenvalue weighted by molar-refractivity contribution is 5.85. The Hall–Kier alpha value is -3.14. The van der Waals surface area contributed by atoms with Gasteiger partial charge in [-0.3, -0.25) is 9.59 Å². The highest BCUT2D eigenvalue weighted by Crippen LogP contribution is 2.16. The van der Waals surface area contributed by atoms with Crippen LogP contribution in [-0.2, 0) is 27.3 Å². The average molecular weight is 333 g/mol. The van der Waals surface area contributed by atoms with E-state index >= 15 is 0 Å². The Labute approximate surface area is 146 Å². The number of amides is 1. The van der Waals surface area contributed by atoms with Gasteiger partial charge in [-0.05, 0) is 21.9 Å². The van der Waals surface area contributed by atoms with Crippen molar-refractivity contribution >= 4 is 22.6 Å². The summed E-state index contributed by atoms with van der Waals surface area (Å²) in [5.41, 5.74) is 1.87. The van der Waals surface area contributed by atoms with Gasteiger partial charge < -0.3 is 10.1 Å². The van der Waals surface area contributed by atoms with E-state index in [4.69, 9.17) is 4.74 Å². The van der Waals surface area contributed by atoms with Gasteiger partial charge in [0.25, 0.3) is 5.91 Å². The lowest BCUT2D eigenvalue weighted by molar-refractivity contribution is -0.147. The molecular formula is C21H19NO3. The van der Waals surface area contributed by atoms with E-state index in [2.05, 4.69) is 5.32 Å².